The van der Waals surface area contributed by atoms with Crippen molar-refractivity contribution in [3.63, 3.8) is 0 Å². The van der Waals surface area contributed by atoms with Crippen LogP contribution in [0.2, 0.25) is 0 Å². The summed E-state index contributed by atoms with van der Waals surface area (Å²) in [6, 6.07) is 12.7. The summed E-state index contributed by atoms with van der Waals surface area (Å²) in [5, 5.41) is 0. The number of primary amides is 1. The lowest BCUT2D eigenvalue weighted by molar-refractivity contribution is 0.0746. The molecule has 0 aliphatic carbocycles. The van der Waals surface area contributed by atoms with Crippen LogP contribution in [-0.2, 0) is 0 Å². The van der Waals surface area contributed by atoms with Crippen molar-refractivity contribution in [2.24, 2.45) is 5.73 Å². The molecule has 0 bridgehead atoms. The van der Waals surface area contributed by atoms with Crippen molar-refractivity contribution >= 4 is 17.5 Å². The fourth-order valence-corrected chi connectivity index (χ4v) is 2.78. The minimum Gasteiger partial charge on any atom is -0.368 e. The number of piperazine rings is 1. The molecule has 0 aromatic heterocycles. The van der Waals surface area contributed by atoms with Gasteiger partial charge in [0.1, 0.15) is 5.82 Å². The molecule has 0 atom stereocenters. The molecule has 6 heteroatoms. The summed E-state index contributed by atoms with van der Waals surface area (Å²) in [4.78, 5) is 27.5. The van der Waals surface area contributed by atoms with Gasteiger partial charge in [0.15, 0.2) is 0 Å². The summed E-state index contributed by atoms with van der Waals surface area (Å²) in [7, 11) is 0. The number of carbonyl (C=O) groups excluding carboxylic acids is 2. The van der Waals surface area contributed by atoms with E-state index in [1.165, 1.54) is 12.1 Å². The maximum absolute atomic E-state index is 13.0. The largest absolute Gasteiger partial charge is 0.368 e. The van der Waals surface area contributed by atoms with Gasteiger partial charge in [-0.15, -0.1) is 0 Å². The highest BCUT2D eigenvalue weighted by molar-refractivity contribution is 5.97. The monoisotopic (exact) mass is 327 g/mol. The van der Waals surface area contributed by atoms with Crippen LogP contribution in [-0.4, -0.2) is 42.9 Å². The van der Waals surface area contributed by atoms with Gasteiger partial charge in [-0.05, 0) is 48.5 Å². The summed E-state index contributed by atoms with van der Waals surface area (Å²) < 4.78 is 13.0. The Kier molecular flexibility index (Phi) is 4.46. The Hall–Kier alpha value is -2.89. The van der Waals surface area contributed by atoms with Gasteiger partial charge in [0, 0.05) is 43.0 Å². The molecule has 5 nitrogen and oxygen atoms in total. The number of nitrogens with zero attached hydrogens (tertiary/aromatic N) is 2. The molecule has 124 valence electrons. The van der Waals surface area contributed by atoms with Crippen LogP contribution in [0.5, 0.6) is 0 Å². The number of rotatable bonds is 3. The second kappa shape index (κ2) is 6.70. The van der Waals surface area contributed by atoms with Crippen LogP contribution >= 0.6 is 0 Å². The van der Waals surface area contributed by atoms with E-state index in [1.54, 1.807) is 41.3 Å². The van der Waals surface area contributed by atoms with Crippen LogP contribution < -0.4 is 10.6 Å². The van der Waals surface area contributed by atoms with Crippen molar-refractivity contribution in [2.75, 3.05) is 31.1 Å². The number of amides is 2. The highest BCUT2D eigenvalue weighted by atomic mass is 19.1. The molecule has 0 radical (unpaired) electrons. The van der Waals surface area contributed by atoms with Crippen molar-refractivity contribution in [3.05, 3.63) is 65.5 Å². The van der Waals surface area contributed by atoms with Gasteiger partial charge in [0.05, 0.1) is 0 Å². The summed E-state index contributed by atoms with van der Waals surface area (Å²) in [5.74, 6) is -0.835. The lowest BCUT2D eigenvalue weighted by Gasteiger charge is -2.36. The SMILES string of the molecule is NC(=O)c1ccc(C(=O)N2CCN(c3ccc(F)cc3)CC2)cc1. The molecule has 1 heterocycles. The minimum atomic E-state index is -0.512. The first-order valence-corrected chi connectivity index (χ1v) is 7.74. The third-order valence-electron chi connectivity index (χ3n) is 4.18. The molecule has 3 rings (SSSR count). The highest BCUT2D eigenvalue weighted by Crippen LogP contribution is 2.18. The summed E-state index contributed by atoms with van der Waals surface area (Å²) in [5.41, 5.74) is 7.07. The van der Waals surface area contributed by atoms with Gasteiger partial charge < -0.3 is 15.5 Å². The van der Waals surface area contributed by atoms with E-state index >= 15 is 0 Å². The molecule has 1 aliphatic heterocycles. The average molecular weight is 327 g/mol. The number of nitrogens with two attached hydrogens (primary N) is 1. The number of benzene rings is 2. The van der Waals surface area contributed by atoms with Crippen molar-refractivity contribution in [1.82, 2.24) is 4.90 Å². The third kappa shape index (κ3) is 3.37. The standard InChI is InChI=1S/C18H18FN3O2/c19-15-5-7-16(8-6-15)21-9-11-22(12-10-21)18(24)14-3-1-13(2-4-14)17(20)23/h1-8H,9-12H2,(H2,20,23). The smallest absolute Gasteiger partial charge is 0.253 e. The summed E-state index contributed by atoms with van der Waals surface area (Å²) in [6.07, 6.45) is 0. The van der Waals surface area contributed by atoms with Gasteiger partial charge in [0.25, 0.3) is 5.91 Å². The first-order chi connectivity index (χ1) is 11.5. The van der Waals surface area contributed by atoms with Gasteiger partial charge in [-0.3, -0.25) is 9.59 Å². The maximum atomic E-state index is 13.0. The maximum Gasteiger partial charge on any atom is 0.253 e. The zero-order valence-electron chi connectivity index (χ0n) is 13.1. The van der Waals surface area contributed by atoms with Gasteiger partial charge in [-0.25, -0.2) is 4.39 Å². The Bertz CT molecular complexity index is 736. The van der Waals surface area contributed by atoms with E-state index in [-0.39, 0.29) is 11.7 Å². The summed E-state index contributed by atoms with van der Waals surface area (Å²) in [6.45, 7) is 2.56. The normalized spacial score (nSPS) is 14.5. The molecule has 2 aromatic rings. The van der Waals surface area contributed by atoms with Crippen LogP contribution in [0.25, 0.3) is 0 Å². The first kappa shape index (κ1) is 16.0. The molecular weight excluding hydrogens is 309 g/mol. The number of anilines is 1. The molecule has 2 aromatic carbocycles. The predicted octanol–water partition coefficient (Wildman–Crippen LogP) is 1.89. The molecule has 1 aliphatic rings. The fraction of sp³-hybridized carbons (Fsp3) is 0.222. The van der Waals surface area contributed by atoms with E-state index in [2.05, 4.69) is 4.90 Å². The lowest BCUT2D eigenvalue weighted by Crippen LogP contribution is -2.48. The molecular formula is C18H18FN3O2. The van der Waals surface area contributed by atoms with E-state index in [9.17, 15) is 14.0 Å². The molecule has 1 fully saturated rings. The molecule has 0 unspecified atom stereocenters. The van der Waals surface area contributed by atoms with Crippen molar-refractivity contribution < 1.29 is 14.0 Å². The molecule has 2 amide bonds. The lowest BCUT2D eigenvalue weighted by atomic mass is 10.1. The molecule has 0 saturated carbocycles. The second-order valence-corrected chi connectivity index (χ2v) is 5.70. The van der Waals surface area contributed by atoms with Crippen molar-refractivity contribution in [3.8, 4) is 0 Å². The minimum absolute atomic E-state index is 0.0650. The predicted molar refractivity (Wildman–Crippen MR) is 89.5 cm³/mol. The van der Waals surface area contributed by atoms with Crippen LogP contribution in [0, 0.1) is 5.82 Å². The molecule has 2 N–H and O–H groups in total. The van der Waals surface area contributed by atoms with Gasteiger partial charge in [-0.2, -0.15) is 0 Å². The van der Waals surface area contributed by atoms with Crippen LogP contribution in [0.4, 0.5) is 10.1 Å². The average Bonchev–Trinajstić information content (AvgIpc) is 2.62. The van der Waals surface area contributed by atoms with Gasteiger partial charge >= 0.3 is 0 Å². The Morgan fingerprint density at radius 1 is 0.833 bits per heavy atom. The number of hydrogen-bond donors (Lipinski definition) is 1. The second-order valence-electron chi connectivity index (χ2n) is 5.70. The summed E-state index contributed by atoms with van der Waals surface area (Å²) >= 11 is 0. The van der Waals surface area contributed by atoms with E-state index in [1.807, 2.05) is 0 Å². The van der Waals surface area contributed by atoms with Crippen LogP contribution in [0.15, 0.2) is 48.5 Å². The topological polar surface area (TPSA) is 66.6 Å². The third-order valence-corrected chi connectivity index (χ3v) is 4.18. The quantitative estimate of drug-likeness (QED) is 0.936. The fourth-order valence-electron chi connectivity index (χ4n) is 2.78. The van der Waals surface area contributed by atoms with Crippen molar-refractivity contribution in [2.45, 2.75) is 0 Å². The zero-order valence-corrected chi connectivity index (χ0v) is 13.1. The van der Waals surface area contributed by atoms with Crippen molar-refractivity contribution in [1.29, 1.82) is 0 Å². The molecule has 1 saturated heterocycles. The van der Waals surface area contributed by atoms with E-state index in [0.717, 1.165) is 5.69 Å². The zero-order chi connectivity index (χ0) is 17.1. The number of halogens is 1. The van der Waals surface area contributed by atoms with Gasteiger partial charge in [0.2, 0.25) is 5.91 Å². The number of hydrogen-bond acceptors (Lipinski definition) is 3. The van der Waals surface area contributed by atoms with Crippen LogP contribution in [0.3, 0.4) is 0 Å². The Morgan fingerprint density at radius 3 is 1.92 bits per heavy atom. The Labute approximate surface area is 139 Å². The van der Waals surface area contributed by atoms with E-state index in [0.29, 0.717) is 37.3 Å². The molecule has 0 spiro atoms. The highest BCUT2D eigenvalue weighted by Gasteiger charge is 2.22. The van der Waals surface area contributed by atoms with E-state index < -0.39 is 5.91 Å². The van der Waals surface area contributed by atoms with E-state index in [4.69, 9.17) is 5.73 Å². The van der Waals surface area contributed by atoms with Crippen LogP contribution in [0.1, 0.15) is 20.7 Å². The Morgan fingerprint density at radius 2 is 1.38 bits per heavy atom. The van der Waals surface area contributed by atoms with Gasteiger partial charge in [-0.1, -0.05) is 0 Å². The Balaban J connectivity index is 1.62. The molecule has 24 heavy (non-hydrogen) atoms. The first-order valence-electron chi connectivity index (χ1n) is 7.74. The number of carbonyl (C=O) groups is 2.